The second-order valence-corrected chi connectivity index (χ2v) is 3.64. The van der Waals surface area contributed by atoms with Gasteiger partial charge < -0.3 is 9.64 Å². The van der Waals surface area contributed by atoms with Crippen molar-refractivity contribution in [2.75, 3.05) is 6.54 Å². The zero-order valence-electron chi connectivity index (χ0n) is 6.32. The Kier molecular flexibility index (Phi) is 0.969. The molecule has 0 aliphatic carbocycles. The van der Waals surface area contributed by atoms with E-state index in [1.807, 2.05) is 4.90 Å². The van der Waals surface area contributed by atoms with Gasteiger partial charge >= 0.3 is 0 Å². The second kappa shape index (κ2) is 1.78. The number of carbonyl (C=O) groups is 1. The molecule has 0 saturated carbocycles. The third kappa shape index (κ3) is 0.692. The van der Waals surface area contributed by atoms with Gasteiger partial charge in [0.25, 0.3) is 0 Å². The summed E-state index contributed by atoms with van der Waals surface area (Å²) in [6, 6.07) is 0.446. The number of fused-ring (bicyclic) bond motifs is 3. The normalized spacial score (nSPS) is 47.1. The molecule has 3 atom stereocenters. The molecule has 3 rings (SSSR count). The van der Waals surface area contributed by atoms with Gasteiger partial charge in [-0.1, -0.05) is 0 Å². The Hall–Kier alpha value is -0.570. The average Bonchev–Trinajstić information content (AvgIpc) is 2.67. The lowest BCUT2D eigenvalue weighted by molar-refractivity contribution is -0.136. The van der Waals surface area contributed by atoms with Gasteiger partial charge in [0.15, 0.2) is 0 Å². The summed E-state index contributed by atoms with van der Waals surface area (Å²) in [5.41, 5.74) is 0. The van der Waals surface area contributed by atoms with Crippen molar-refractivity contribution in [3.63, 3.8) is 0 Å². The minimum Gasteiger partial charge on any atom is -0.365 e. The number of hydrogen-bond donors (Lipinski definition) is 0. The van der Waals surface area contributed by atoms with Crippen molar-refractivity contribution in [3.8, 4) is 0 Å². The lowest BCUT2D eigenvalue weighted by atomic mass is 10.0. The van der Waals surface area contributed by atoms with E-state index >= 15 is 0 Å². The molecular weight excluding hydrogens is 142 g/mol. The van der Waals surface area contributed by atoms with Crippen molar-refractivity contribution in [1.29, 1.82) is 0 Å². The number of nitrogens with zero attached hydrogens (tertiary/aromatic N) is 1. The van der Waals surface area contributed by atoms with E-state index in [0.29, 0.717) is 24.2 Å². The summed E-state index contributed by atoms with van der Waals surface area (Å²) in [4.78, 5) is 13.3. The number of ether oxygens (including phenoxy) is 1. The highest BCUT2D eigenvalue weighted by atomic mass is 16.6. The second-order valence-electron chi connectivity index (χ2n) is 3.64. The molecule has 3 aliphatic heterocycles. The van der Waals surface area contributed by atoms with Crippen LogP contribution in [0.3, 0.4) is 0 Å². The van der Waals surface area contributed by atoms with Crippen LogP contribution < -0.4 is 0 Å². The van der Waals surface area contributed by atoms with Crippen LogP contribution in [0.1, 0.15) is 19.3 Å². The first-order valence-electron chi connectivity index (χ1n) is 4.31. The van der Waals surface area contributed by atoms with Gasteiger partial charge in [-0.3, -0.25) is 4.79 Å². The van der Waals surface area contributed by atoms with Crippen LogP contribution in [0.2, 0.25) is 0 Å². The van der Waals surface area contributed by atoms with Crippen molar-refractivity contribution < 1.29 is 9.53 Å². The maximum atomic E-state index is 11.3. The molecule has 0 unspecified atom stereocenters. The lowest BCUT2D eigenvalue weighted by Gasteiger charge is -2.30. The molecule has 3 saturated heterocycles. The summed E-state index contributed by atoms with van der Waals surface area (Å²) in [7, 11) is 0. The van der Waals surface area contributed by atoms with Gasteiger partial charge in [-0.2, -0.15) is 0 Å². The molecule has 11 heavy (non-hydrogen) atoms. The maximum absolute atomic E-state index is 11.3. The smallest absolute Gasteiger partial charge is 0.223 e. The van der Waals surface area contributed by atoms with E-state index in [4.69, 9.17) is 4.74 Å². The Morgan fingerprint density at radius 1 is 1.55 bits per heavy atom. The van der Waals surface area contributed by atoms with Crippen molar-refractivity contribution in [2.45, 2.75) is 37.5 Å². The first-order valence-corrected chi connectivity index (χ1v) is 4.31. The average molecular weight is 153 g/mol. The highest BCUT2D eigenvalue weighted by Gasteiger charge is 2.56. The van der Waals surface area contributed by atoms with Gasteiger partial charge in [-0.05, 0) is 12.8 Å². The highest BCUT2D eigenvalue weighted by Crippen LogP contribution is 2.40. The van der Waals surface area contributed by atoms with Crippen molar-refractivity contribution >= 4 is 5.91 Å². The number of epoxide rings is 1. The summed E-state index contributed by atoms with van der Waals surface area (Å²) >= 11 is 0. The number of piperidine rings is 1. The van der Waals surface area contributed by atoms with Gasteiger partial charge in [0, 0.05) is 13.0 Å². The topological polar surface area (TPSA) is 32.8 Å². The largest absolute Gasteiger partial charge is 0.365 e. The molecule has 60 valence electrons. The fraction of sp³-hybridized carbons (Fsp3) is 0.875. The van der Waals surface area contributed by atoms with Gasteiger partial charge in [0.1, 0.15) is 12.2 Å². The van der Waals surface area contributed by atoms with Crippen LogP contribution in [0.5, 0.6) is 0 Å². The molecule has 0 aromatic heterocycles. The molecule has 0 spiro atoms. The summed E-state index contributed by atoms with van der Waals surface area (Å²) < 4.78 is 5.38. The Bertz CT molecular complexity index is 216. The minimum atomic E-state index is 0.344. The molecule has 0 bridgehead atoms. The third-order valence-corrected chi connectivity index (χ3v) is 2.99. The quantitative estimate of drug-likeness (QED) is 0.464. The third-order valence-electron chi connectivity index (χ3n) is 2.99. The van der Waals surface area contributed by atoms with Crippen LogP contribution in [0.4, 0.5) is 0 Å². The van der Waals surface area contributed by atoms with E-state index in [-0.39, 0.29) is 0 Å². The van der Waals surface area contributed by atoms with E-state index < -0.39 is 0 Å². The molecular formula is C8H11NO2. The fourth-order valence-corrected chi connectivity index (χ4v) is 2.36. The zero-order valence-corrected chi connectivity index (χ0v) is 6.32. The van der Waals surface area contributed by atoms with Crippen LogP contribution in [0.25, 0.3) is 0 Å². The van der Waals surface area contributed by atoms with E-state index in [0.717, 1.165) is 25.8 Å². The zero-order chi connectivity index (χ0) is 7.42. The molecule has 0 aromatic carbocycles. The maximum Gasteiger partial charge on any atom is 0.223 e. The van der Waals surface area contributed by atoms with Gasteiger partial charge in [0.05, 0.1) is 6.04 Å². The molecule has 3 heterocycles. The Morgan fingerprint density at radius 3 is 3.27 bits per heavy atom. The SMILES string of the molecule is O=C1CCC[C@H]2[C@H]3O[C@H]3CN12. The Labute approximate surface area is 65.3 Å². The number of rotatable bonds is 0. The van der Waals surface area contributed by atoms with Crippen LogP contribution >= 0.6 is 0 Å². The molecule has 3 fully saturated rings. The minimum absolute atomic E-state index is 0.344. The Balaban J connectivity index is 1.86. The molecule has 3 heteroatoms. The standard InChI is InChI=1S/C8H11NO2/c10-7-3-1-2-5-8-6(11-8)4-9(5)7/h5-6,8H,1-4H2/t5-,6-,8+/m0/s1. The summed E-state index contributed by atoms with van der Waals surface area (Å²) in [6.45, 7) is 0.869. The van der Waals surface area contributed by atoms with Gasteiger partial charge in [0.2, 0.25) is 5.91 Å². The molecule has 0 aromatic rings. The predicted octanol–water partition coefficient (Wildman–Crippen LogP) is 0.149. The Morgan fingerprint density at radius 2 is 2.45 bits per heavy atom. The molecule has 1 amide bonds. The van der Waals surface area contributed by atoms with E-state index in [9.17, 15) is 4.79 Å². The molecule has 3 aliphatic rings. The summed E-state index contributed by atoms with van der Waals surface area (Å²) in [5, 5.41) is 0. The van der Waals surface area contributed by atoms with Crippen molar-refractivity contribution in [3.05, 3.63) is 0 Å². The fourth-order valence-electron chi connectivity index (χ4n) is 2.36. The van der Waals surface area contributed by atoms with Crippen molar-refractivity contribution in [1.82, 2.24) is 4.90 Å². The van der Waals surface area contributed by atoms with Gasteiger partial charge in [-0.25, -0.2) is 0 Å². The van der Waals surface area contributed by atoms with Crippen molar-refractivity contribution in [2.24, 2.45) is 0 Å². The van der Waals surface area contributed by atoms with E-state index in [1.165, 1.54) is 0 Å². The van der Waals surface area contributed by atoms with Crippen LogP contribution in [0.15, 0.2) is 0 Å². The van der Waals surface area contributed by atoms with Crippen LogP contribution in [-0.2, 0) is 9.53 Å². The number of morpholine rings is 1. The summed E-state index contributed by atoms with van der Waals surface area (Å²) in [5.74, 6) is 0.344. The molecule has 0 radical (unpaired) electrons. The van der Waals surface area contributed by atoms with E-state index in [2.05, 4.69) is 0 Å². The molecule has 3 nitrogen and oxygen atoms in total. The first-order chi connectivity index (χ1) is 5.36. The highest BCUT2D eigenvalue weighted by molar-refractivity contribution is 5.78. The van der Waals surface area contributed by atoms with Crippen LogP contribution in [-0.4, -0.2) is 35.6 Å². The van der Waals surface area contributed by atoms with Gasteiger partial charge in [-0.15, -0.1) is 0 Å². The summed E-state index contributed by atoms with van der Waals surface area (Å²) in [6.07, 6.45) is 3.80. The number of hydrogen-bond acceptors (Lipinski definition) is 2. The molecule has 0 N–H and O–H groups in total. The lowest BCUT2D eigenvalue weighted by Crippen LogP contribution is -2.42. The first kappa shape index (κ1) is 6.00. The monoisotopic (exact) mass is 153 g/mol. The van der Waals surface area contributed by atoms with E-state index in [1.54, 1.807) is 0 Å². The predicted molar refractivity (Wildman–Crippen MR) is 38.0 cm³/mol. The van der Waals surface area contributed by atoms with Crippen LogP contribution in [0, 0.1) is 0 Å². The number of carbonyl (C=O) groups excluding carboxylic acids is 1. The number of amides is 1.